The van der Waals surface area contributed by atoms with Gasteiger partial charge in [-0.1, -0.05) is 29.8 Å². The molecule has 1 N–H and O–H groups in total. The Hall–Kier alpha value is -2.00. The number of carbonyl (C=O) groups is 1. The number of ether oxygens (including phenoxy) is 1. The summed E-state index contributed by atoms with van der Waals surface area (Å²) in [4.78, 5) is 12.2. The molecule has 0 bridgehead atoms. The summed E-state index contributed by atoms with van der Waals surface area (Å²) in [5.74, 6) is 0.355. The minimum absolute atomic E-state index is 0.255. The number of nitrogens with one attached hydrogen (secondary N) is 1. The smallest absolute Gasteiger partial charge is 0.257 e. The second-order valence-corrected chi connectivity index (χ2v) is 4.54. The molecule has 19 heavy (non-hydrogen) atoms. The van der Waals surface area contributed by atoms with Gasteiger partial charge in [0, 0.05) is 0 Å². The molecular formula is C15H14ClNO2. The van der Waals surface area contributed by atoms with Crippen LogP contribution in [0.2, 0.25) is 5.02 Å². The van der Waals surface area contributed by atoms with Gasteiger partial charge < -0.3 is 10.1 Å². The fourth-order valence-corrected chi connectivity index (χ4v) is 2.06. The van der Waals surface area contributed by atoms with Crippen LogP contribution in [0.5, 0.6) is 5.75 Å². The summed E-state index contributed by atoms with van der Waals surface area (Å²) >= 11 is 6.07. The van der Waals surface area contributed by atoms with Crippen molar-refractivity contribution in [3.8, 4) is 5.75 Å². The third-order valence-corrected chi connectivity index (χ3v) is 3.04. The summed E-state index contributed by atoms with van der Waals surface area (Å²) in [6.45, 7) is 1.92. The lowest BCUT2D eigenvalue weighted by Crippen LogP contribution is -2.13. The van der Waals surface area contributed by atoms with Gasteiger partial charge >= 0.3 is 0 Å². The zero-order valence-corrected chi connectivity index (χ0v) is 11.5. The van der Waals surface area contributed by atoms with Crippen molar-refractivity contribution in [3.63, 3.8) is 0 Å². The van der Waals surface area contributed by atoms with E-state index in [1.807, 2.05) is 25.1 Å². The first kappa shape index (κ1) is 13.4. The zero-order chi connectivity index (χ0) is 13.8. The number of amides is 1. The number of benzene rings is 2. The highest BCUT2D eigenvalue weighted by molar-refractivity contribution is 6.34. The van der Waals surface area contributed by atoms with Crippen molar-refractivity contribution in [1.82, 2.24) is 0 Å². The molecule has 2 aromatic rings. The Morgan fingerprint density at radius 3 is 2.63 bits per heavy atom. The molecule has 1 amide bonds. The summed E-state index contributed by atoms with van der Waals surface area (Å²) in [6, 6.07) is 12.6. The van der Waals surface area contributed by atoms with Crippen LogP contribution >= 0.6 is 11.6 Å². The molecule has 0 aromatic heterocycles. The standard InChI is InChI=1S/C15H14ClNO2/c1-10-7-8-11(12(16)9-10)15(18)17-13-5-3-4-6-14(13)19-2/h3-9H,1-2H3,(H,17,18). The first-order valence-electron chi connectivity index (χ1n) is 5.82. The highest BCUT2D eigenvalue weighted by Gasteiger charge is 2.12. The first-order chi connectivity index (χ1) is 9.11. The van der Waals surface area contributed by atoms with Crippen LogP contribution in [0.4, 0.5) is 5.69 Å². The van der Waals surface area contributed by atoms with Gasteiger partial charge in [-0.3, -0.25) is 4.79 Å². The van der Waals surface area contributed by atoms with Crippen LogP contribution in [0.3, 0.4) is 0 Å². The molecule has 0 spiro atoms. The van der Waals surface area contributed by atoms with Crippen LogP contribution in [0.1, 0.15) is 15.9 Å². The molecule has 2 aromatic carbocycles. The highest BCUT2D eigenvalue weighted by Crippen LogP contribution is 2.25. The van der Waals surface area contributed by atoms with E-state index in [0.717, 1.165) is 5.56 Å². The van der Waals surface area contributed by atoms with E-state index < -0.39 is 0 Å². The lowest BCUT2D eigenvalue weighted by Gasteiger charge is -2.10. The summed E-state index contributed by atoms with van der Waals surface area (Å²) < 4.78 is 5.18. The van der Waals surface area contributed by atoms with Crippen molar-refractivity contribution in [3.05, 3.63) is 58.6 Å². The zero-order valence-electron chi connectivity index (χ0n) is 10.7. The third-order valence-electron chi connectivity index (χ3n) is 2.72. The van der Waals surface area contributed by atoms with Crippen LogP contribution in [-0.2, 0) is 0 Å². The lowest BCUT2D eigenvalue weighted by atomic mass is 10.1. The lowest BCUT2D eigenvalue weighted by molar-refractivity contribution is 0.102. The summed E-state index contributed by atoms with van der Waals surface area (Å²) in [5, 5.41) is 3.23. The maximum Gasteiger partial charge on any atom is 0.257 e. The molecule has 0 unspecified atom stereocenters. The number of methoxy groups -OCH3 is 1. The second-order valence-electron chi connectivity index (χ2n) is 4.14. The van der Waals surface area contributed by atoms with Gasteiger partial charge in [0.15, 0.2) is 0 Å². The predicted molar refractivity (Wildman–Crippen MR) is 77.1 cm³/mol. The molecule has 0 fully saturated rings. The number of para-hydroxylation sites is 2. The normalized spacial score (nSPS) is 10.1. The minimum atomic E-state index is -0.255. The fourth-order valence-electron chi connectivity index (χ4n) is 1.74. The number of aryl methyl sites for hydroxylation is 1. The topological polar surface area (TPSA) is 38.3 Å². The molecule has 0 aliphatic carbocycles. The number of halogens is 1. The van der Waals surface area contributed by atoms with Gasteiger partial charge in [0.1, 0.15) is 5.75 Å². The molecule has 0 saturated carbocycles. The van der Waals surface area contributed by atoms with Gasteiger partial charge in [-0.25, -0.2) is 0 Å². The molecule has 0 aliphatic heterocycles. The van der Waals surface area contributed by atoms with E-state index in [1.54, 1.807) is 31.4 Å². The van der Waals surface area contributed by atoms with Crippen molar-refractivity contribution >= 4 is 23.2 Å². The predicted octanol–water partition coefficient (Wildman–Crippen LogP) is 3.91. The summed E-state index contributed by atoms with van der Waals surface area (Å²) in [6.07, 6.45) is 0. The Balaban J connectivity index is 2.26. The molecular weight excluding hydrogens is 262 g/mol. The number of rotatable bonds is 3. The van der Waals surface area contributed by atoms with Crippen LogP contribution in [-0.4, -0.2) is 13.0 Å². The van der Waals surface area contributed by atoms with Gasteiger partial charge in [0.05, 0.1) is 23.4 Å². The van der Waals surface area contributed by atoms with Gasteiger partial charge in [-0.15, -0.1) is 0 Å². The van der Waals surface area contributed by atoms with Crippen LogP contribution < -0.4 is 10.1 Å². The first-order valence-corrected chi connectivity index (χ1v) is 6.20. The average molecular weight is 276 g/mol. The van der Waals surface area contributed by atoms with E-state index in [-0.39, 0.29) is 5.91 Å². The number of anilines is 1. The van der Waals surface area contributed by atoms with Crippen molar-refractivity contribution in [2.24, 2.45) is 0 Å². The minimum Gasteiger partial charge on any atom is -0.495 e. The van der Waals surface area contributed by atoms with Gasteiger partial charge in [-0.05, 0) is 36.8 Å². The van der Waals surface area contributed by atoms with Gasteiger partial charge in [0.2, 0.25) is 0 Å². The largest absolute Gasteiger partial charge is 0.495 e. The quantitative estimate of drug-likeness (QED) is 0.922. The van der Waals surface area contributed by atoms with Gasteiger partial charge in [-0.2, -0.15) is 0 Å². The second kappa shape index (κ2) is 5.76. The Bertz CT molecular complexity index is 611. The molecule has 0 aliphatic rings. The van der Waals surface area contributed by atoms with Crippen molar-refractivity contribution in [2.45, 2.75) is 6.92 Å². The molecule has 4 heteroatoms. The van der Waals surface area contributed by atoms with E-state index in [4.69, 9.17) is 16.3 Å². The number of carbonyl (C=O) groups excluding carboxylic acids is 1. The molecule has 0 heterocycles. The Morgan fingerprint density at radius 1 is 1.21 bits per heavy atom. The third kappa shape index (κ3) is 3.06. The Kier molecular flexibility index (Phi) is 4.07. The van der Waals surface area contributed by atoms with Crippen LogP contribution in [0.25, 0.3) is 0 Å². The molecule has 0 radical (unpaired) electrons. The van der Waals surface area contributed by atoms with Crippen LogP contribution in [0.15, 0.2) is 42.5 Å². The van der Waals surface area contributed by atoms with E-state index in [9.17, 15) is 4.79 Å². The molecule has 3 nitrogen and oxygen atoms in total. The Labute approximate surface area is 117 Å². The SMILES string of the molecule is COc1ccccc1NC(=O)c1ccc(C)cc1Cl. The van der Waals surface area contributed by atoms with Gasteiger partial charge in [0.25, 0.3) is 5.91 Å². The van der Waals surface area contributed by atoms with Crippen molar-refractivity contribution in [2.75, 3.05) is 12.4 Å². The van der Waals surface area contributed by atoms with Crippen LogP contribution in [0, 0.1) is 6.92 Å². The monoisotopic (exact) mass is 275 g/mol. The maximum absolute atomic E-state index is 12.2. The van der Waals surface area contributed by atoms with Crippen molar-refractivity contribution in [1.29, 1.82) is 0 Å². The van der Waals surface area contributed by atoms with E-state index in [1.165, 1.54) is 0 Å². The molecule has 2 rings (SSSR count). The molecule has 0 atom stereocenters. The number of hydrogen-bond acceptors (Lipinski definition) is 2. The van der Waals surface area contributed by atoms with E-state index in [0.29, 0.717) is 22.0 Å². The Morgan fingerprint density at radius 2 is 1.95 bits per heavy atom. The number of hydrogen-bond donors (Lipinski definition) is 1. The summed E-state index contributed by atoms with van der Waals surface area (Å²) in [7, 11) is 1.56. The average Bonchev–Trinajstić information content (AvgIpc) is 2.39. The summed E-state index contributed by atoms with van der Waals surface area (Å²) in [5.41, 5.74) is 2.07. The maximum atomic E-state index is 12.2. The van der Waals surface area contributed by atoms with Crippen molar-refractivity contribution < 1.29 is 9.53 Å². The van der Waals surface area contributed by atoms with E-state index >= 15 is 0 Å². The fraction of sp³-hybridized carbons (Fsp3) is 0.133. The highest BCUT2D eigenvalue weighted by atomic mass is 35.5. The molecule has 98 valence electrons. The van der Waals surface area contributed by atoms with E-state index in [2.05, 4.69) is 5.32 Å². The molecule has 0 saturated heterocycles.